The molecule has 1 aliphatic heterocycles. The molecule has 5 heteroatoms. The van der Waals surface area contributed by atoms with Gasteiger partial charge in [-0.15, -0.1) is 0 Å². The Kier molecular flexibility index (Phi) is 4.15. The second-order valence-electron chi connectivity index (χ2n) is 6.92. The standard InChI is InChI=1S/C21H22N2O3/c1-3-12-5-4-6-18-15(12)10-14(22-18)11-17-16-9-13(21(25)26-2)7-8-19(16)23-20(17)24/h7-12,22H,3-6H2,1-2H3,(H,23,24). The van der Waals surface area contributed by atoms with E-state index in [1.807, 2.05) is 6.08 Å². The van der Waals surface area contributed by atoms with Gasteiger partial charge in [0.25, 0.3) is 5.91 Å². The number of ether oxygens (including phenoxy) is 1. The zero-order chi connectivity index (χ0) is 18.3. The van der Waals surface area contributed by atoms with Gasteiger partial charge in [0.15, 0.2) is 0 Å². The largest absolute Gasteiger partial charge is 0.465 e. The van der Waals surface area contributed by atoms with Crippen LogP contribution in [0.3, 0.4) is 0 Å². The lowest BCUT2D eigenvalue weighted by molar-refractivity contribution is -0.110. The minimum absolute atomic E-state index is 0.151. The fraction of sp³-hybridized carbons (Fsp3) is 0.333. The smallest absolute Gasteiger partial charge is 0.337 e. The van der Waals surface area contributed by atoms with Crippen LogP contribution in [-0.2, 0) is 16.0 Å². The van der Waals surface area contributed by atoms with Crippen molar-refractivity contribution in [2.24, 2.45) is 0 Å². The van der Waals surface area contributed by atoms with E-state index in [1.54, 1.807) is 18.2 Å². The van der Waals surface area contributed by atoms with Gasteiger partial charge in [0.05, 0.1) is 18.2 Å². The van der Waals surface area contributed by atoms with Gasteiger partial charge in [0.2, 0.25) is 0 Å². The van der Waals surface area contributed by atoms with Crippen molar-refractivity contribution in [3.8, 4) is 0 Å². The van der Waals surface area contributed by atoms with E-state index in [-0.39, 0.29) is 5.91 Å². The van der Waals surface area contributed by atoms with Crippen LogP contribution in [-0.4, -0.2) is 24.0 Å². The Morgan fingerprint density at radius 3 is 2.96 bits per heavy atom. The van der Waals surface area contributed by atoms with Crippen LogP contribution in [0.4, 0.5) is 5.69 Å². The number of anilines is 1. The molecule has 0 fully saturated rings. The molecule has 1 aliphatic carbocycles. The Hall–Kier alpha value is -2.82. The van der Waals surface area contributed by atoms with E-state index in [0.717, 1.165) is 29.8 Å². The Morgan fingerprint density at radius 1 is 1.35 bits per heavy atom. The van der Waals surface area contributed by atoms with Crippen LogP contribution in [0.2, 0.25) is 0 Å². The van der Waals surface area contributed by atoms with Gasteiger partial charge >= 0.3 is 5.97 Å². The third-order valence-electron chi connectivity index (χ3n) is 5.39. The van der Waals surface area contributed by atoms with E-state index in [1.165, 1.54) is 31.2 Å². The summed E-state index contributed by atoms with van der Waals surface area (Å²) in [5, 5.41) is 2.86. The fourth-order valence-electron chi connectivity index (χ4n) is 4.02. The summed E-state index contributed by atoms with van der Waals surface area (Å²) in [5.74, 6) is 0.0343. The van der Waals surface area contributed by atoms with Gasteiger partial charge in [-0.2, -0.15) is 0 Å². The number of rotatable bonds is 3. The third kappa shape index (κ3) is 2.73. The van der Waals surface area contributed by atoms with Crippen LogP contribution in [0, 0.1) is 0 Å². The molecule has 1 atom stereocenters. The lowest BCUT2D eigenvalue weighted by Gasteiger charge is -2.20. The predicted octanol–water partition coefficient (Wildman–Crippen LogP) is 4.12. The van der Waals surface area contributed by atoms with Crippen LogP contribution in [0.15, 0.2) is 24.3 Å². The van der Waals surface area contributed by atoms with E-state index in [9.17, 15) is 9.59 Å². The number of aromatic amines is 1. The maximum absolute atomic E-state index is 12.4. The topological polar surface area (TPSA) is 71.2 Å². The molecule has 0 saturated heterocycles. The van der Waals surface area contributed by atoms with E-state index < -0.39 is 5.97 Å². The highest BCUT2D eigenvalue weighted by Gasteiger charge is 2.26. The summed E-state index contributed by atoms with van der Waals surface area (Å²) >= 11 is 0. The lowest BCUT2D eigenvalue weighted by Crippen LogP contribution is -2.07. The average Bonchev–Trinajstić information content (AvgIpc) is 3.21. The molecule has 2 N–H and O–H groups in total. The number of hydrogen-bond donors (Lipinski definition) is 2. The van der Waals surface area contributed by atoms with Crippen molar-refractivity contribution < 1.29 is 14.3 Å². The maximum Gasteiger partial charge on any atom is 0.337 e. The van der Waals surface area contributed by atoms with Crippen molar-refractivity contribution in [2.75, 3.05) is 12.4 Å². The Bertz CT molecular complexity index is 923. The van der Waals surface area contributed by atoms with Gasteiger partial charge in [0.1, 0.15) is 0 Å². The fourth-order valence-corrected chi connectivity index (χ4v) is 4.02. The maximum atomic E-state index is 12.4. The summed E-state index contributed by atoms with van der Waals surface area (Å²) in [5.41, 5.74) is 6.07. The summed E-state index contributed by atoms with van der Waals surface area (Å²) in [6.07, 6.45) is 6.50. The number of carbonyl (C=O) groups excluding carboxylic acids is 2. The monoisotopic (exact) mass is 350 g/mol. The van der Waals surface area contributed by atoms with Crippen molar-refractivity contribution >= 4 is 29.2 Å². The molecule has 0 radical (unpaired) electrons. The lowest BCUT2D eigenvalue weighted by atomic mass is 9.85. The number of amides is 1. The molecule has 5 nitrogen and oxygen atoms in total. The van der Waals surface area contributed by atoms with E-state index in [4.69, 9.17) is 4.74 Å². The van der Waals surface area contributed by atoms with Crippen LogP contribution in [0.1, 0.15) is 65.0 Å². The molecule has 2 aliphatic rings. The zero-order valence-corrected chi connectivity index (χ0v) is 15.0. The summed E-state index contributed by atoms with van der Waals surface area (Å²) in [7, 11) is 1.35. The summed E-state index contributed by atoms with van der Waals surface area (Å²) in [6.45, 7) is 2.22. The number of aromatic nitrogens is 1. The predicted molar refractivity (Wildman–Crippen MR) is 101 cm³/mol. The Morgan fingerprint density at radius 2 is 2.19 bits per heavy atom. The van der Waals surface area contributed by atoms with Gasteiger partial charge in [-0.1, -0.05) is 6.92 Å². The molecule has 0 spiro atoms. The van der Waals surface area contributed by atoms with E-state index in [2.05, 4.69) is 23.3 Å². The number of H-pyrrole nitrogens is 1. The number of aryl methyl sites for hydroxylation is 1. The molecule has 0 bridgehead atoms. The van der Waals surface area contributed by atoms with Gasteiger partial charge in [-0.25, -0.2) is 4.79 Å². The quantitative estimate of drug-likeness (QED) is 0.646. The average molecular weight is 350 g/mol. The highest BCUT2D eigenvalue weighted by Crippen LogP contribution is 2.37. The van der Waals surface area contributed by atoms with Gasteiger partial charge in [-0.3, -0.25) is 4.79 Å². The number of nitrogens with one attached hydrogen (secondary N) is 2. The van der Waals surface area contributed by atoms with E-state index in [0.29, 0.717) is 17.1 Å². The molecule has 26 heavy (non-hydrogen) atoms. The molecule has 134 valence electrons. The van der Waals surface area contributed by atoms with Crippen molar-refractivity contribution in [3.05, 3.63) is 52.3 Å². The summed E-state index contributed by atoms with van der Waals surface area (Å²) in [6, 6.07) is 7.29. The normalized spacial score (nSPS) is 19.8. The minimum Gasteiger partial charge on any atom is -0.465 e. The molecule has 1 aromatic carbocycles. The molecule has 1 unspecified atom stereocenters. The molecule has 2 heterocycles. The minimum atomic E-state index is -0.410. The highest BCUT2D eigenvalue weighted by molar-refractivity contribution is 6.35. The second kappa shape index (κ2) is 6.48. The number of esters is 1. The molecule has 0 saturated carbocycles. The molecule has 2 aromatic rings. The summed E-state index contributed by atoms with van der Waals surface area (Å²) < 4.78 is 4.79. The first kappa shape index (κ1) is 16.6. The number of carbonyl (C=O) groups is 2. The molecular formula is C21H22N2O3. The first-order chi connectivity index (χ1) is 12.6. The SMILES string of the molecule is CCC1CCCc2[nH]c(C=C3C(=O)Nc4ccc(C(=O)OC)cc43)cc21. The van der Waals surface area contributed by atoms with Crippen molar-refractivity contribution in [1.29, 1.82) is 0 Å². The first-order valence-electron chi connectivity index (χ1n) is 9.08. The van der Waals surface area contributed by atoms with Crippen molar-refractivity contribution in [2.45, 2.75) is 38.5 Å². The summed E-state index contributed by atoms with van der Waals surface area (Å²) in [4.78, 5) is 27.7. The van der Waals surface area contributed by atoms with Crippen molar-refractivity contribution in [1.82, 2.24) is 4.98 Å². The number of methoxy groups -OCH3 is 1. The van der Waals surface area contributed by atoms with Crippen LogP contribution in [0.5, 0.6) is 0 Å². The van der Waals surface area contributed by atoms with Crippen molar-refractivity contribution in [3.63, 3.8) is 0 Å². The zero-order valence-electron chi connectivity index (χ0n) is 15.0. The van der Waals surface area contributed by atoms with Crippen LogP contribution in [0.25, 0.3) is 11.6 Å². The number of hydrogen-bond acceptors (Lipinski definition) is 3. The molecule has 1 aromatic heterocycles. The van der Waals surface area contributed by atoms with Crippen LogP contribution < -0.4 is 5.32 Å². The second-order valence-corrected chi connectivity index (χ2v) is 6.92. The highest BCUT2D eigenvalue weighted by atomic mass is 16.5. The van der Waals surface area contributed by atoms with Crippen LogP contribution >= 0.6 is 0 Å². The first-order valence-corrected chi connectivity index (χ1v) is 9.08. The Balaban J connectivity index is 1.74. The van der Waals surface area contributed by atoms with E-state index >= 15 is 0 Å². The van der Waals surface area contributed by atoms with Gasteiger partial charge < -0.3 is 15.0 Å². The molecule has 1 amide bonds. The third-order valence-corrected chi connectivity index (χ3v) is 5.39. The number of benzene rings is 1. The molecule has 4 rings (SSSR count). The van der Waals surface area contributed by atoms with Gasteiger partial charge in [0, 0.05) is 22.6 Å². The molecular weight excluding hydrogens is 328 g/mol. The Labute approximate surface area is 152 Å². The number of fused-ring (bicyclic) bond motifs is 2. The van der Waals surface area contributed by atoms with Gasteiger partial charge in [-0.05, 0) is 67.5 Å².